The number of carbonyl (C=O) groups excluding carboxylic acids is 1. The highest BCUT2D eigenvalue weighted by Gasteiger charge is 2.01. The average Bonchev–Trinajstić information content (AvgIpc) is 2.19. The van der Waals surface area contributed by atoms with E-state index >= 15 is 0 Å². The fraction of sp³-hybridized carbons (Fsp3) is 0. The van der Waals surface area contributed by atoms with Crippen molar-refractivity contribution >= 4 is 33.7 Å². The molecule has 0 aliphatic heterocycles. The van der Waals surface area contributed by atoms with Gasteiger partial charge in [0.25, 0.3) is 0 Å². The first kappa shape index (κ1) is 11.3. The minimum atomic E-state index is -1.33. The van der Waals surface area contributed by atoms with Crippen LogP contribution in [-0.2, 0) is 0 Å². The maximum absolute atomic E-state index is 11.0. The van der Waals surface area contributed by atoms with E-state index in [0.29, 0.717) is 5.69 Å². The fourth-order valence-corrected chi connectivity index (χ4v) is 1.07. The third-order valence-corrected chi connectivity index (χ3v) is 1.91. The summed E-state index contributed by atoms with van der Waals surface area (Å²) in [5.41, 5.74) is 4.21. The molecule has 1 aromatic carbocycles. The Kier molecular flexibility index (Phi) is 3.92. The second-order valence-electron chi connectivity index (χ2n) is 2.52. The molecule has 0 saturated heterocycles. The summed E-state index contributed by atoms with van der Waals surface area (Å²) in [4.78, 5) is 21.1. The standard InChI is InChI=1S/C8H8BrN3O3/c9-5-1-3-6(4-2-5)10-7(13)11-12-8(14)15/h1-4,12H,(H,14,15)(H2,10,11,13). The van der Waals surface area contributed by atoms with Gasteiger partial charge in [0.05, 0.1) is 0 Å². The lowest BCUT2D eigenvalue weighted by atomic mass is 10.3. The fourth-order valence-electron chi connectivity index (χ4n) is 0.806. The number of hydrazine groups is 1. The number of anilines is 1. The maximum Gasteiger partial charge on any atom is 0.423 e. The lowest BCUT2D eigenvalue weighted by Crippen LogP contribution is -2.43. The third kappa shape index (κ3) is 4.32. The van der Waals surface area contributed by atoms with E-state index in [9.17, 15) is 9.59 Å². The van der Waals surface area contributed by atoms with Gasteiger partial charge >= 0.3 is 12.1 Å². The molecule has 0 atom stereocenters. The van der Waals surface area contributed by atoms with Crippen molar-refractivity contribution in [2.45, 2.75) is 0 Å². The number of carbonyl (C=O) groups is 2. The molecule has 7 heteroatoms. The number of benzene rings is 1. The second-order valence-corrected chi connectivity index (χ2v) is 3.43. The molecule has 0 heterocycles. The molecule has 0 radical (unpaired) electrons. The van der Waals surface area contributed by atoms with Gasteiger partial charge in [-0.05, 0) is 24.3 Å². The zero-order chi connectivity index (χ0) is 11.3. The number of hydrogen-bond donors (Lipinski definition) is 4. The predicted molar refractivity (Wildman–Crippen MR) is 57.5 cm³/mol. The van der Waals surface area contributed by atoms with Crippen LogP contribution < -0.4 is 16.2 Å². The zero-order valence-electron chi connectivity index (χ0n) is 7.45. The highest BCUT2D eigenvalue weighted by molar-refractivity contribution is 9.10. The molecule has 4 N–H and O–H groups in total. The van der Waals surface area contributed by atoms with Crippen LogP contribution in [0.15, 0.2) is 28.7 Å². The van der Waals surface area contributed by atoms with Crippen LogP contribution in [0, 0.1) is 0 Å². The normalized spacial score (nSPS) is 9.13. The number of hydrogen-bond acceptors (Lipinski definition) is 2. The van der Waals surface area contributed by atoms with E-state index in [2.05, 4.69) is 21.2 Å². The molecule has 0 aromatic heterocycles. The van der Waals surface area contributed by atoms with Crippen molar-refractivity contribution in [3.05, 3.63) is 28.7 Å². The smallest absolute Gasteiger partial charge is 0.423 e. The van der Waals surface area contributed by atoms with E-state index in [4.69, 9.17) is 5.11 Å². The van der Waals surface area contributed by atoms with Crippen LogP contribution in [0.2, 0.25) is 0 Å². The van der Waals surface area contributed by atoms with E-state index in [1.165, 1.54) is 0 Å². The van der Waals surface area contributed by atoms with Crippen molar-refractivity contribution in [3.63, 3.8) is 0 Å². The van der Waals surface area contributed by atoms with Crippen LogP contribution >= 0.6 is 15.9 Å². The predicted octanol–water partition coefficient (Wildman–Crippen LogP) is 1.75. The first-order valence-corrected chi connectivity index (χ1v) is 4.69. The molecule has 1 rings (SSSR count). The average molecular weight is 274 g/mol. The Morgan fingerprint density at radius 3 is 2.27 bits per heavy atom. The molecule has 1 aromatic rings. The minimum absolute atomic E-state index is 0.558. The molecule has 0 unspecified atom stereocenters. The highest BCUT2D eigenvalue weighted by atomic mass is 79.9. The number of nitrogens with one attached hydrogen (secondary N) is 3. The SMILES string of the molecule is O=C(O)NNC(=O)Nc1ccc(Br)cc1. The Labute approximate surface area is 93.8 Å². The van der Waals surface area contributed by atoms with Crippen molar-refractivity contribution < 1.29 is 14.7 Å². The zero-order valence-corrected chi connectivity index (χ0v) is 9.04. The number of urea groups is 1. The van der Waals surface area contributed by atoms with E-state index in [-0.39, 0.29) is 0 Å². The summed E-state index contributed by atoms with van der Waals surface area (Å²) in [5, 5.41) is 10.6. The molecule has 6 nitrogen and oxygen atoms in total. The second kappa shape index (κ2) is 5.20. The first-order valence-electron chi connectivity index (χ1n) is 3.89. The van der Waals surface area contributed by atoms with E-state index in [1.807, 2.05) is 5.43 Å². The van der Waals surface area contributed by atoms with Gasteiger partial charge in [-0.3, -0.25) is 0 Å². The number of carboxylic acid groups (broad SMARTS) is 1. The van der Waals surface area contributed by atoms with E-state index in [1.54, 1.807) is 29.7 Å². The van der Waals surface area contributed by atoms with Gasteiger partial charge in [0.1, 0.15) is 0 Å². The topological polar surface area (TPSA) is 90.5 Å². The summed E-state index contributed by atoms with van der Waals surface area (Å²) in [6.07, 6.45) is -1.33. The summed E-state index contributed by atoms with van der Waals surface area (Å²) in [5.74, 6) is 0. The van der Waals surface area contributed by atoms with Gasteiger partial charge in [0.2, 0.25) is 0 Å². The molecule has 0 aliphatic rings. The summed E-state index contributed by atoms with van der Waals surface area (Å²) in [6, 6.07) is 6.19. The van der Waals surface area contributed by atoms with Crippen LogP contribution in [0.4, 0.5) is 15.3 Å². The Balaban J connectivity index is 2.44. The lowest BCUT2D eigenvalue weighted by Gasteiger charge is -2.06. The van der Waals surface area contributed by atoms with Gasteiger partial charge in [0, 0.05) is 10.2 Å². The molecule has 15 heavy (non-hydrogen) atoms. The van der Waals surface area contributed by atoms with Crippen LogP contribution in [0.5, 0.6) is 0 Å². The van der Waals surface area contributed by atoms with Gasteiger partial charge in [-0.15, -0.1) is 0 Å². The quantitative estimate of drug-likeness (QED) is 0.588. The third-order valence-electron chi connectivity index (χ3n) is 1.39. The van der Waals surface area contributed by atoms with E-state index in [0.717, 1.165) is 4.47 Å². The first-order chi connectivity index (χ1) is 7.08. The van der Waals surface area contributed by atoms with Crippen LogP contribution in [0.1, 0.15) is 0 Å². The maximum atomic E-state index is 11.0. The van der Waals surface area contributed by atoms with Gasteiger partial charge in [-0.1, -0.05) is 15.9 Å². The number of amides is 3. The molecule has 80 valence electrons. The van der Waals surface area contributed by atoms with Crippen molar-refractivity contribution in [1.29, 1.82) is 0 Å². The minimum Gasteiger partial charge on any atom is -0.464 e. The van der Waals surface area contributed by atoms with Crippen molar-refractivity contribution in [2.24, 2.45) is 0 Å². The summed E-state index contributed by atoms with van der Waals surface area (Å²) in [6.45, 7) is 0. The summed E-state index contributed by atoms with van der Waals surface area (Å²) in [7, 11) is 0. The van der Waals surface area contributed by atoms with Crippen LogP contribution in [0.3, 0.4) is 0 Å². The number of halogens is 1. The molecule has 0 saturated carbocycles. The van der Waals surface area contributed by atoms with Gasteiger partial charge in [0.15, 0.2) is 0 Å². The van der Waals surface area contributed by atoms with Gasteiger partial charge < -0.3 is 10.4 Å². The molecular formula is C8H8BrN3O3. The molecule has 0 bridgehead atoms. The monoisotopic (exact) mass is 273 g/mol. The van der Waals surface area contributed by atoms with Gasteiger partial charge in [-0.25, -0.2) is 20.4 Å². The lowest BCUT2D eigenvalue weighted by molar-refractivity contribution is 0.188. The van der Waals surface area contributed by atoms with Crippen molar-refractivity contribution in [1.82, 2.24) is 10.9 Å². The molecule has 0 aliphatic carbocycles. The van der Waals surface area contributed by atoms with Crippen LogP contribution in [-0.4, -0.2) is 17.2 Å². The number of rotatable bonds is 1. The molecule has 3 amide bonds. The van der Waals surface area contributed by atoms with E-state index < -0.39 is 12.1 Å². The van der Waals surface area contributed by atoms with Crippen LogP contribution in [0.25, 0.3) is 0 Å². The highest BCUT2D eigenvalue weighted by Crippen LogP contribution is 2.13. The summed E-state index contributed by atoms with van der Waals surface area (Å²) >= 11 is 3.24. The molecule has 0 spiro atoms. The molecule has 0 fully saturated rings. The van der Waals surface area contributed by atoms with Crippen molar-refractivity contribution in [2.75, 3.05) is 5.32 Å². The van der Waals surface area contributed by atoms with Crippen molar-refractivity contribution in [3.8, 4) is 0 Å². The molecular weight excluding hydrogens is 266 g/mol. The van der Waals surface area contributed by atoms with Gasteiger partial charge in [-0.2, -0.15) is 0 Å². The largest absolute Gasteiger partial charge is 0.464 e. The Bertz CT molecular complexity index is 366. The Morgan fingerprint density at radius 1 is 1.13 bits per heavy atom. The summed E-state index contributed by atoms with van der Waals surface area (Å²) < 4.78 is 0.886. The Hall–Kier alpha value is -1.76. The Morgan fingerprint density at radius 2 is 1.73 bits per heavy atom.